The van der Waals surface area contributed by atoms with Gasteiger partial charge in [-0.15, -0.1) is 0 Å². The molecule has 0 aliphatic carbocycles. The van der Waals surface area contributed by atoms with E-state index in [0.29, 0.717) is 0 Å². The third kappa shape index (κ3) is 3.72. The Balaban J connectivity index is 1.21. The Labute approximate surface area is 249 Å². The molecule has 0 aliphatic rings. The van der Waals surface area contributed by atoms with E-state index in [1.54, 1.807) is 0 Å². The summed E-state index contributed by atoms with van der Waals surface area (Å²) in [4.78, 5) is 0. The maximum absolute atomic E-state index is 2.37. The van der Waals surface area contributed by atoms with Crippen molar-refractivity contribution in [3.8, 4) is 27.9 Å². The molecule has 0 bridgehead atoms. The van der Waals surface area contributed by atoms with Gasteiger partial charge < -0.3 is 4.57 Å². The second kappa shape index (κ2) is 9.44. The predicted molar refractivity (Wildman–Crippen MR) is 184 cm³/mol. The summed E-state index contributed by atoms with van der Waals surface area (Å²) in [6, 6.07) is 59.8. The first kappa shape index (κ1) is 24.0. The zero-order valence-corrected chi connectivity index (χ0v) is 23.5. The van der Waals surface area contributed by atoms with Gasteiger partial charge in [0.05, 0.1) is 11.0 Å². The summed E-state index contributed by atoms with van der Waals surface area (Å²) in [6.07, 6.45) is 0. The molecule has 1 nitrogen and oxygen atoms in total. The van der Waals surface area contributed by atoms with Crippen molar-refractivity contribution >= 4 is 54.1 Å². The number of para-hydroxylation sites is 2. The molecular weight excluding hydrogens is 518 g/mol. The van der Waals surface area contributed by atoms with Crippen molar-refractivity contribution in [3.05, 3.63) is 164 Å². The van der Waals surface area contributed by atoms with Crippen molar-refractivity contribution in [1.29, 1.82) is 0 Å². The summed E-state index contributed by atoms with van der Waals surface area (Å²) in [5.74, 6) is 0. The second-order valence-corrected chi connectivity index (χ2v) is 11.4. The molecule has 43 heavy (non-hydrogen) atoms. The minimum absolute atomic E-state index is 1.18. The molecule has 0 amide bonds. The third-order valence-corrected chi connectivity index (χ3v) is 8.96. The van der Waals surface area contributed by atoms with Gasteiger partial charge in [-0.1, -0.05) is 127 Å². The van der Waals surface area contributed by atoms with Crippen LogP contribution < -0.4 is 0 Å². The average Bonchev–Trinajstić information content (AvgIpc) is 3.41. The van der Waals surface area contributed by atoms with Crippen LogP contribution in [-0.2, 0) is 0 Å². The number of nitrogens with zero attached hydrogens (tertiary/aromatic N) is 1. The van der Waals surface area contributed by atoms with Crippen LogP contribution in [0.3, 0.4) is 0 Å². The Bertz CT molecular complexity index is 2480. The topological polar surface area (TPSA) is 4.93 Å². The molecule has 0 spiro atoms. The molecule has 1 heterocycles. The third-order valence-electron chi connectivity index (χ3n) is 8.96. The highest BCUT2D eigenvalue weighted by molar-refractivity contribution is 6.20. The first-order valence-corrected chi connectivity index (χ1v) is 14.9. The molecule has 1 aromatic heterocycles. The zero-order chi connectivity index (χ0) is 28.3. The molecule has 9 aromatic rings. The van der Waals surface area contributed by atoms with Crippen molar-refractivity contribution in [2.24, 2.45) is 0 Å². The van der Waals surface area contributed by atoms with E-state index in [1.807, 2.05) is 0 Å². The molecule has 1 heteroatoms. The Morgan fingerprint density at radius 1 is 0.302 bits per heavy atom. The Hall–Kier alpha value is -5.66. The van der Waals surface area contributed by atoms with Gasteiger partial charge >= 0.3 is 0 Å². The normalized spacial score (nSPS) is 11.7. The van der Waals surface area contributed by atoms with Crippen LogP contribution in [0.15, 0.2) is 164 Å². The van der Waals surface area contributed by atoms with Gasteiger partial charge in [0.15, 0.2) is 0 Å². The summed E-state index contributed by atoms with van der Waals surface area (Å²) < 4.78 is 2.37. The fourth-order valence-corrected chi connectivity index (χ4v) is 6.97. The van der Waals surface area contributed by atoms with E-state index in [-0.39, 0.29) is 0 Å². The quantitative estimate of drug-likeness (QED) is 0.154. The first-order valence-electron chi connectivity index (χ1n) is 14.9. The maximum atomic E-state index is 2.37. The molecule has 0 saturated heterocycles. The molecule has 9 rings (SSSR count). The van der Waals surface area contributed by atoms with E-state index in [4.69, 9.17) is 0 Å². The smallest absolute Gasteiger partial charge is 0.0541 e. The summed E-state index contributed by atoms with van der Waals surface area (Å²) >= 11 is 0. The average molecular weight is 546 g/mol. The lowest BCUT2D eigenvalue weighted by molar-refractivity contribution is 1.18. The zero-order valence-electron chi connectivity index (χ0n) is 23.5. The SMILES string of the molecule is c1ccc(-n2c3ccccc3c3cc(-c4ccc(-c5c6ccccc6cc6c5ccc5ccccc56)cc4)ccc32)cc1. The molecule has 0 aliphatic heterocycles. The number of rotatable bonds is 3. The molecule has 8 aromatic carbocycles. The monoisotopic (exact) mass is 545 g/mol. The van der Waals surface area contributed by atoms with Gasteiger partial charge in [0.2, 0.25) is 0 Å². The highest BCUT2D eigenvalue weighted by atomic mass is 15.0. The minimum Gasteiger partial charge on any atom is -0.309 e. The van der Waals surface area contributed by atoms with Crippen LogP contribution >= 0.6 is 0 Å². The van der Waals surface area contributed by atoms with Gasteiger partial charge in [-0.3, -0.25) is 0 Å². The lowest BCUT2D eigenvalue weighted by atomic mass is 9.89. The van der Waals surface area contributed by atoms with Crippen LogP contribution in [0.5, 0.6) is 0 Å². The molecule has 200 valence electrons. The second-order valence-electron chi connectivity index (χ2n) is 11.4. The fraction of sp³-hybridized carbons (Fsp3) is 0. The predicted octanol–water partition coefficient (Wildman–Crippen LogP) is 11.6. The van der Waals surface area contributed by atoms with Crippen LogP contribution in [0.1, 0.15) is 0 Å². The molecule has 0 unspecified atom stereocenters. The van der Waals surface area contributed by atoms with Crippen molar-refractivity contribution in [1.82, 2.24) is 4.57 Å². The molecule has 0 atom stereocenters. The maximum Gasteiger partial charge on any atom is 0.0541 e. The molecule has 0 N–H and O–H groups in total. The molecule has 0 fully saturated rings. The number of aromatic nitrogens is 1. The van der Waals surface area contributed by atoms with E-state index < -0.39 is 0 Å². The van der Waals surface area contributed by atoms with E-state index in [9.17, 15) is 0 Å². The Morgan fingerprint density at radius 3 is 1.77 bits per heavy atom. The molecule has 0 radical (unpaired) electrons. The van der Waals surface area contributed by atoms with Crippen LogP contribution in [0.2, 0.25) is 0 Å². The first-order chi connectivity index (χ1) is 21.3. The highest BCUT2D eigenvalue weighted by Crippen LogP contribution is 2.40. The summed E-state index contributed by atoms with van der Waals surface area (Å²) in [5, 5.41) is 10.3. The van der Waals surface area contributed by atoms with Crippen LogP contribution in [0.4, 0.5) is 0 Å². The number of hydrogen-bond acceptors (Lipinski definition) is 0. The fourth-order valence-electron chi connectivity index (χ4n) is 6.97. The number of hydrogen-bond donors (Lipinski definition) is 0. The van der Waals surface area contributed by atoms with Crippen molar-refractivity contribution < 1.29 is 0 Å². The van der Waals surface area contributed by atoms with E-state index in [1.165, 1.54) is 82.1 Å². The van der Waals surface area contributed by atoms with Crippen molar-refractivity contribution in [2.45, 2.75) is 0 Å². The van der Waals surface area contributed by atoms with Crippen LogP contribution in [0.25, 0.3) is 82.1 Å². The largest absolute Gasteiger partial charge is 0.309 e. The van der Waals surface area contributed by atoms with Gasteiger partial charge in [0.25, 0.3) is 0 Å². The molecule has 0 saturated carbocycles. The van der Waals surface area contributed by atoms with Gasteiger partial charge in [-0.05, 0) is 91.0 Å². The summed E-state index contributed by atoms with van der Waals surface area (Å²) in [6.45, 7) is 0. The number of benzene rings is 8. The Kier molecular flexibility index (Phi) is 5.27. The van der Waals surface area contributed by atoms with E-state index >= 15 is 0 Å². The van der Waals surface area contributed by atoms with Gasteiger partial charge in [-0.25, -0.2) is 0 Å². The van der Waals surface area contributed by atoms with Crippen molar-refractivity contribution in [2.75, 3.05) is 0 Å². The van der Waals surface area contributed by atoms with Crippen molar-refractivity contribution in [3.63, 3.8) is 0 Å². The van der Waals surface area contributed by atoms with Gasteiger partial charge in [0, 0.05) is 16.5 Å². The lowest BCUT2D eigenvalue weighted by Gasteiger charge is -2.14. The van der Waals surface area contributed by atoms with E-state index in [0.717, 1.165) is 0 Å². The Morgan fingerprint density at radius 2 is 0.930 bits per heavy atom. The minimum atomic E-state index is 1.18. The van der Waals surface area contributed by atoms with E-state index in [2.05, 4.69) is 168 Å². The highest BCUT2D eigenvalue weighted by Gasteiger charge is 2.15. The summed E-state index contributed by atoms with van der Waals surface area (Å²) in [5.41, 5.74) is 8.62. The lowest BCUT2D eigenvalue weighted by Crippen LogP contribution is -1.92. The van der Waals surface area contributed by atoms with Gasteiger partial charge in [0.1, 0.15) is 0 Å². The van der Waals surface area contributed by atoms with Gasteiger partial charge in [-0.2, -0.15) is 0 Å². The molecular formula is C42H27N. The van der Waals surface area contributed by atoms with Crippen LogP contribution in [0, 0.1) is 0 Å². The standard InChI is InChI=1S/C42H27N/c1-2-12-33(13-3-1)43-40-17-9-8-16-36(40)39-26-31(23-25-41(39)43)28-18-20-30(21-19-28)42-35-15-7-5-11-32(35)27-38-34-14-6-4-10-29(34)22-24-37(38)42/h1-27H. The number of fused-ring (bicyclic) bond motifs is 7. The summed E-state index contributed by atoms with van der Waals surface area (Å²) in [7, 11) is 0. The van der Waals surface area contributed by atoms with Crippen LogP contribution in [-0.4, -0.2) is 4.57 Å².